The molecule has 3 aromatic rings. The van der Waals surface area contributed by atoms with Crippen LogP contribution in [-0.4, -0.2) is 21.6 Å². The minimum atomic E-state index is -0.531. The number of benzene rings is 2. The summed E-state index contributed by atoms with van der Waals surface area (Å²) < 4.78 is 1.09. The Kier molecular flexibility index (Phi) is 7.20. The Bertz CT molecular complexity index is 1180. The number of carbonyl (C=O) groups is 2. The third kappa shape index (κ3) is 5.69. The van der Waals surface area contributed by atoms with Gasteiger partial charge in [-0.3, -0.25) is 14.4 Å². The van der Waals surface area contributed by atoms with Gasteiger partial charge in [0.2, 0.25) is 11.8 Å². The zero-order valence-electron chi connectivity index (χ0n) is 18.9. The standard InChI is InChI=1S/C25H28N4O3/c1-5-18-7-9-19(10-8-18)21-14-22(27-23(30)6-2)25(32)29(28-21)15-24(31)26-20-12-16(3)11-17(4)13-20/h7-14H,5-6,15H2,1-4H3,(H,26,31)(H,27,30). The quantitative estimate of drug-likeness (QED) is 0.588. The van der Waals surface area contributed by atoms with Gasteiger partial charge in [-0.05, 0) is 55.2 Å². The predicted molar refractivity (Wildman–Crippen MR) is 127 cm³/mol. The summed E-state index contributed by atoms with van der Waals surface area (Å²) >= 11 is 0. The molecule has 3 rings (SSSR count). The van der Waals surface area contributed by atoms with Crippen molar-refractivity contribution in [3.63, 3.8) is 0 Å². The fourth-order valence-corrected chi connectivity index (χ4v) is 3.41. The predicted octanol–water partition coefficient (Wildman–Crippen LogP) is 4.08. The molecule has 1 heterocycles. The van der Waals surface area contributed by atoms with Crippen LogP contribution >= 0.6 is 0 Å². The average Bonchev–Trinajstić information content (AvgIpc) is 2.75. The van der Waals surface area contributed by atoms with E-state index in [4.69, 9.17) is 0 Å². The minimum Gasteiger partial charge on any atom is -0.324 e. The van der Waals surface area contributed by atoms with Gasteiger partial charge >= 0.3 is 0 Å². The van der Waals surface area contributed by atoms with E-state index in [9.17, 15) is 14.4 Å². The topological polar surface area (TPSA) is 93.1 Å². The van der Waals surface area contributed by atoms with Crippen molar-refractivity contribution in [3.8, 4) is 11.3 Å². The summed E-state index contributed by atoms with van der Waals surface area (Å²) in [6, 6.07) is 15.1. The van der Waals surface area contributed by atoms with Crippen LogP contribution in [0.2, 0.25) is 0 Å². The fourth-order valence-electron chi connectivity index (χ4n) is 3.41. The summed E-state index contributed by atoms with van der Waals surface area (Å²) in [5, 5.41) is 9.85. The Balaban J connectivity index is 1.95. The molecule has 0 fully saturated rings. The van der Waals surface area contributed by atoms with Gasteiger partial charge in [0, 0.05) is 17.7 Å². The van der Waals surface area contributed by atoms with E-state index in [1.165, 1.54) is 5.56 Å². The molecule has 0 radical (unpaired) electrons. The number of hydrogen-bond acceptors (Lipinski definition) is 4. The molecule has 166 valence electrons. The number of aromatic nitrogens is 2. The molecule has 0 saturated carbocycles. The van der Waals surface area contributed by atoms with Crippen LogP contribution in [0.5, 0.6) is 0 Å². The molecule has 0 atom stereocenters. The smallest absolute Gasteiger partial charge is 0.291 e. The van der Waals surface area contributed by atoms with Crippen LogP contribution in [0.3, 0.4) is 0 Å². The minimum absolute atomic E-state index is 0.0978. The van der Waals surface area contributed by atoms with Crippen LogP contribution < -0.4 is 16.2 Å². The SMILES string of the molecule is CCC(=O)Nc1cc(-c2ccc(CC)cc2)nn(CC(=O)Nc2cc(C)cc(C)c2)c1=O. The number of nitrogens with one attached hydrogen (secondary N) is 2. The van der Waals surface area contributed by atoms with Gasteiger partial charge in [0.05, 0.1) is 5.69 Å². The van der Waals surface area contributed by atoms with Gasteiger partial charge in [-0.25, -0.2) is 4.68 Å². The zero-order valence-corrected chi connectivity index (χ0v) is 18.9. The van der Waals surface area contributed by atoms with E-state index < -0.39 is 5.56 Å². The molecule has 2 aromatic carbocycles. The van der Waals surface area contributed by atoms with Gasteiger partial charge in [-0.1, -0.05) is 44.2 Å². The Morgan fingerprint density at radius 1 is 0.906 bits per heavy atom. The van der Waals surface area contributed by atoms with Gasteiger partial charge in [0.1, 0.15) is 12.2 Å². The van der Waals surface area contributed by atoms with Crippen LogP contribution in [0.25, 0.3) is 11.3 Å². The average molecular weight is 433 g/mol. The molecule has 0 aliphatic rings. The molecule has 32 heavy (non-hydrogen) atoms. The van der Waals surface area contributed by atoms with Crippen LogP contribution in [0.1, 0.15) is 37.0 Å². The van der Waals surface area contributed by atoms with Gasteiger partial charge < -0.3 is 10.6 Å². The first-order valence-electron chi connectivity index (χ1n) is 10.7. The second-order valence-corrected chi connectivity index (χ2v) is 7.78. The monoisotopic (exact) mass is 432 g/mol. The molecule has 0 aliphatic carbocycles. The van der Waals surface area contributed by atoms with Crippen LogP contribution in [-0.2, 0) is 22.6 Å². The summed E-state index contributed by atoms with van der Waals surface area (Å²) in [5.41, 5.74) is 4.74. The molecule has 0 bridgehead atoms. The van der Waals surface area contributed by atoms with E-state index >= 15 is 0 Å². The van der Waals surface area contributed by atoms with Crippen molar-refractivity contribution in [1.82, 2.24) is 9.78 Å². The molecular formula is C25H28N4O3. The lowest BCUT2D eigenvalue weighted by Gasteiger charge is -2.12. The summed E-state index contributed by atoms with van der Waals surface area (Å²) in [4.78, 5) is 37.5. The molecule has 7 nitrogen and oxygen atoms in total. The number of amides is 2. The maximum Gasteiger partial charge on any atom is 0.291 e. The maximum atomic E-state index is 12.9. The van der Waals surface area contributed by atoms with Crippen LogP contribution in [0.15, 0.2) is 53.3 Å². The Labute approximate surface area is 187 Å². The number of anilines is 2. The molecule has 0 unspecified atom stereocenters. The summed E-state index contributed by atoms with van der Waals surface area (Å²) in [6.07, 6.45) is 1.14. The number of carbonyl (C=O) groups excluding carboxylic acids is 2. The second-order valence-electron chi connectivity index (χ2n) is 7.78. The highest BCUT2D eigenvalue weighted by molar-refractivity contribution is 5.92. The summed E-state index contributed by atoms with van der Waals surface area (Å²) in [7, 11) is 0. The van der Waals surface area contributed by atoms with Crippen LogP contribution in [0.4, 0.5) is 11.4 Å². The van der Waals surface area contributed by atoms with Crippen molar-refractivity contribution < 1.29 is 9.59 Å². The highest BCUT2D eigenvalue weighted by Crippen LogP contribution is 2.20. The lowest BCUT2D eigenvalue weighted by Crippen LogP contribution is -2.32. The second kappa shape index (κ2) is 10.0. The van der Waals surface area contributed by atoms with Gasteiger partial charge in [0.25, 0.3) is 5.56 Å². The number of aryl methyl sites for hydroxylation is 3. The Morgan fingerprint density at radius 3 is 2.16 bits per heavy atom. The van der Waals surface area contributed by atoms with E-state index in [-0.39, 0.29) is 30.5 Å². The lowest BCUT2D eigenvalue weighted by molar-refractivity contribution is -0.117. The number of nitrogens with zero attached hydrogens (tertiary/aromatic N) is 2. The third-order valence-corrected chi connectivity index (χ3v) is 5.03. The highest BCUT2D eigenvalue weighted by Gasteiger charge is 2.15. The summed E-state index contributed by atoms with van der Waals surface area (Å²) in [6.45, 7) is 7.40. The molecule has 0 saturated heterocycles. The fraction of sp³-hybridized carbons (Fsp3) is 0.280. The summed E-state index contributed by atoms with van der Waals surface area (Å²) in [5.74, 6) is -0.664. The Hall–Kier alpha value is -3.74. The van der Waals surface area contributed by atoms with Crippen molar-refractivity contribution in [1.29, 1.82) is 0 Å². The highest BCUT2D eigenvalue weighted by atomic mass is 16.2. The van der Waals surface area contributed by atoms with Crippen molar-refractivity contribution in [2.45, 2.75) is 47.1 Å². The van der Waals surface area contributed by atoms with Crippen molar-refractivity contribution in [2.75, 3.05) is 10.6 Å². The number of rotatable bonds is 7. The molecule has 0 aliphatic heterocycles. The molecule has 1 aromatic heterocycles. The van der Waals surface area contributed by atoms with E-state index in [0.29, 0.717) is 11.4 Å². The molecule has 0 spiro atoms. The maximum absolute atomic E-state index is 12.9. The van der Waals surface area contributed by atoms with Crippen LogP contribution in [0, 0.1) is 13.8 Å². The zero-order chi connectivity index (χ0) is 23.3. The van der Waals surface area contributed by atoms with E-state index in [0.717, 1.165) is 27.8 Å². The van der Waals surface area contributed by atoms with Crippen molar-refractivity contribution in [2.24, 2.45) is 0 Å². The van der Waals surface area contributed by atoms with E-state index in [1.54, 1.807) is 13.0 Å². The third-order valence-electron chi connectivity index (χ3n) is 5.03. The number of hydrogen-bond donors (Lipinski definition) is 2. The molecular weight excluding hydrogens is 404 g/mol. The molecule has 2 amide bonds. The lowest BCUT2D eigenvalue weighted by atomic mass is 10.1. The first-order chi connectivity index (χ1) is 15.3. The van der Waals surface area contributed by atoms with Gasteiger partial charge in [-0.15, -0.1) is 0 Å². The van der Waals surface area contributed by atoms with Gasteiger partial charge in [-0.2, -0.15) is 5.10 Å². The van der Waals surface area contributed by atoms with E-state index in [1.807, 2.05) is 56.3 Å². The Morgan fingerprint density at radius 2 is 1.56 bits per heavy atom. The molecule has 2 N–H and O–H groups in total. The normalized spacial score (nSPS) is 10.6. The van der Waals surface area contributed by atoms with Crippen molar-refractivity contribution >= 4 is 23.2 Å². The van der Waals surface area contributed by atoms with E-state index in [2.05, 4.69) is 22.7 Å². The molecule has 7 heteroatoms. The first kappa shape index (κ1) is 22.9. The largest absolute Gasteiger partial charge is 0.324 e. The van der Waals surface area contributed by atoms with Gasteiger partial charge in [0.15, 0.2) is 0 Å². The van der Waals surface area contributed by atoms with Crippen molar-refractivity contribution in [3.05, 3.63) is 75.6 Å². The first-order valence-corrected chi connectivity index (χ1v) is 10.7.